The Morgan fingerprint density at radius 2 is 1.79 bits per heavy atom. The molecule has 1 saturated heterocycles. The molecule has 0 spiro atoms. The highest BCUT2D eigenvalue weighted by atomic mass is 35.5. The fourth-order valence-electron chi connectivity index (χ4n) is 3.38. The van der Waals surface area contributed by atoms with Gasteiger partial charge in [-0.2, -0.15) is 0 Å². The summed E-state index contributed by atoms with van der Waals surface area (Å²) in [7, 11) is 0. The minimum Gasteiger partial charge on any atom is -0.484 e. The molecule has 0 bridgehead atoms. The largest absolute Gasteiger partial charge is 0.484 e. The highest BCUT2D eigenvalue weighted by Crippen LogP contribution is 2.34. The molecule has 0 aliphatic carbocycles. The number of amides is 1. The summed E-state index contributed by atoms with van der Waals surface area (Å²) in [5, 5.41) is 3.61. The first kappa shape index (κ1) is 20.5. The lowest BCUT2D eigenvalue weighted by Crippen LogP contribution is -2.46. The van der Waals surface area contributed by atoms with Gasteiger partial charge in [-0.25, -0.2) is 0 Å². The van der Waals surface area contributed by atoms with Crippen LogP contribution in [0.15, 0.2) is 42.5 Å². The van der Waals surface area contributed by atoms with Gasteiger partial charge in [-0.1, -0.05) is 43.6 Å². The number of aryl methyl sites for hydroxylation is 1. The van der Waals surface area contributed by atoms with Gasteiger partial charge >= 0.3 is 0 Å². The van der Waals surface area contributed by atoms with E-state index in [4.69, 9.17) is 16.3 Å². The number of para-hydroxylation sites is 1. The first-order chi connectivity index (χ1) is 13.6. The van der Waals surface area contributed by atoms with Gasteiger partial charge in [0.05, 0.1) is 16.4 Å². The minimum absolute atomic E-state index is 0.0406. The molecule has 1 heterocycles. The Hall–Kier alpha value is -2.24. The van der Waals surface area contributed by atoms with Crippen LogP contribution in [0.25, 0.3) is 0 Å². The first-order valence-electron chi connectivity index (χ1n) is 9.88. The van der Waals surface area contributed by atoms with E-state index < -0.39 is 0 Å². The summed E-state index contributed by atoms with van der Waals surface area (Å²) in [5.41, 5.74) is 2.86. The summed E-state index contributed by atoms with van der Waals surface area (Å²) >= 11 is 6.48. The van der Waals surface area contributed by atoms with Crippen molar-refractivity contribution in [3.05, 3.63) is 53.1 Å². The van der Waals surface area contributed by atoms with E-state index in [1.54, 1.807) is 0 Å². The van der Waals surface area contributed by atoms with Crippen LogP contribution in [0.5, 0.6) is 5.75 Å². The molecule has 0 aromatic heterocycles. The van der Waals surface area contributed by atoms with Crippen molar-refractivity contribution in [2.24, 2.45) is 0 Å². The third-order valence-electron chi connectivity index (χ3n) is 5.10. The Kier molecular flexibility index (Phi) is 7.18. The second-order valence-electron chi connectivity index (χ2n) is 6.89. The third-order valence-corrected chi connectivity index (χ3v) is 5.40. The van der Waals surface area contributed by atoms with Crippen molar-refractivity contribution in [1.29, 1.82) is 0 Å². The Morgan fingerprint density at radius 3 is 2.43 bits per heavy atom. The maximum atomic E-state index is 12.4. The van der Waals surface area contributed by atoms with Crippen LogP contribution in [0.1, 0.15) is 19.4 Å². The van der Waals surface area contributed by atoms with Gasteiger partial charge < -0.3 is 19.9 Å². The van der Waals surface area contributed by atoms with E-state index in [-0.39, 0.29) is 12.5 Å². The molecule has 0 radical (unpaired) electrons. The summed E-state index contributed by atoms with van der Waals surface area (Å²) in [6.45, 7) is 9.05. The van der Waals surface area contributed by atoms with E-state index in [9.17, 15) is 4.79 Å². The average molecular weight is 402 g/mol. The predicted molar refractivity (Wildman–Crippen MR) is 116 cm³/mol. The Morgan fingerprint density at radius 1 is 1.07 bits per heavy atom. The average Bonchev–Trinajstić information content (AvgIpc) is 2.73. The van der Waals surface area contributed by atoms with Crippen molar-refractivity contribution in [3.8, 4) is 5.75 Å². The number of nitrogens with zero attached hydrogens (tertiary/aromatic N) is 2. The maximum absolute atomic E-state index is 12.4. The summed E-state index contributed by atoms with van der Waals surface area (Å²) < 4.78 is 5.62. The molecule has 1 fully saturated rings. The van der Waals surface area contributed by atoms with Crippen molar-refractivity contribution in [2.45, 2.75) is 20.3 Å². The molecule has 6 heteroatoms. The lowest BCUT2D eigenvalue weighted by atomic mass is 10.2. The van der Waals surface area contributed by atoms with Crippen LogP contribution in [0.4, 0.5) is 11.4 Å². The number of piperazine rings is 1. The normalized spacial score (nSPS) is 14.8. The highest BCUT2D eigenvalue weighted by Gasteiger charge is 2.21. The Labute approximate surface area is 172 Å². The van der Waals surface area contributed by atoms with Gasteiger partial charge in [0.2, 0.25) is 0 Å². The number of halogens is 1. The topological polar surface area (TPSA) is 44.8 Å². The van der Waals surface area contributed by atoms with Crippen LogP contribution in [0, 0.1) is 0 Å². The molecule has 1 aliphatic heterocycles. The number of nitrogens with one attached hydrogen (secondary N) is 1. The Balaban J connectivity index is 1.63. The Bertz CT molecular complexity index is 787. The molecule has 0 unspecified atom stereocenters. The lowest BCUT2D eigenvalue weighted by molar-refractivity contribution is -0.118. The molecule has 2 aromatic carbocycles. The summed E-state index contributed by atoms with van der Waals surface area (Å²) in [6.07, 6.45) is 0.977. The molecule has 2 aromatic rings. The highest BCUT2D eigenvalue weighted by molar-refractivity contribution is 6.34. The molecule has 150 valence electrons. The number of hydrogen-bond acceptors (Lipinski definition) is 4. The van der Waals surface area contributed by atoms with E-state index in [0.717, 1.165) is 50.5 Å². The van der Waals surface area contributed by atoms with Crippen LogP contribution < -0.4 is 15.0 Å². The van der Waals surface area contributed by atoms with Crippen molar-refractivity contribution >= 4 is 28.9 Å². The summed E-state index contributed by atoms with van der Waals surface area (Å²) in [5.74, 6) is 0.490. The smallest absolute Gasteiger partial charge is 0.262 e. The predicted octanol–water partition coefficient (Wildman–Crippen LogP) is 4.06. The monoisotopic (exact) mass is 401 g/mol. The molecular weight excluding hydrogens is 374 g/mol. The number of carbonyl (C=O) groups is 1. The first-order valence-corrected chi connectivity index (χ1v) is 10.3. The maximum Gasteiger partial charge on any atom is 0.262 e. The molecule has 1 aliphatic rings. The van der Waals surface area contributed by atoms with Gasteiger partial charge in [-0.3, -0.25) is 4.79 Å². The molecule has 0 atom stereocenters. The second kappa shape index (κ2) is 9.80. The molecule has 1 amide bonds. The SMILES string of the molecule is CCc1ccc(OCC(=O)Nc2cccc(Cl)c2N2CCN(CC)CC2)cc1. The van der Waals surface area contributed by atoms with Crippen LogP contribution in [0.3, 0.4) is 0 Å². The summed E-state index contributed by atoms with van der Waals surface area (Å²) in [4.78, 5) is 17.1. The molecule has 0 saturated carbocycles. The molecule has 5 nitrogen and oxygen atoms in total. The van der Waals surface area contributed by atoms with Crippen molar-refractivity contribution in [3.63, 3.8) is 0 Å². The van der Waals surface area contributed by atoms with E-state index in [0.29, 0.717) is 10.8 Å². The number of anilines is 2. The lowest BCUT2D eigenvalue weighted by Gasteiger charge is -2.36. The van der Waals surface area contributed by atoms with Crippen LogP contribution in [-0.4, -0.2) is 50.1 Å². The quantitative estimate of drug-likeness (QED) is 0.759. The zero-order valence-corrected chi connectivity index (χ0v) is 17.3. The third kappa shape index (κ3) is 5.18. The van der Waals surface area contributed by atoms with Crippen molar-refractivity contribution in [1.82, 2.24) is 4.90 Å². The number of rotatable bonds is 7. The zero-order chi connectivity index (χ0) is 19.9. The van der Waals surface area contributed by atoms with E-state index in [1.807, 2.05) is 42.5 Å². The minimum atomic E-state index is -0.199. The molecule has 1 N–H and O–H groups in total. The van der Waals surface area contributed by atoms with Crippen LogP contribution in [0.2, 0.25) is 5.02 Å². The number of carbonyl (C=O) groups excluding carboxylic acids is 1. The second-order valence-corrected chi connectivity index (χ2v) is 7.30. The van der Waals surface area contributed by atoms with E-state index in [1.165, 1.54) is 5.56 Å². The molecule has 28 heavy (non-hydrogen) atoms. The van der Waals surface area contributed by atoms with Gasteiger partial charge in [0, 0.05) is 26.2 Å². The molecule has 3 rings (SSSR count). The fraction of sp³-hybridized carbons (Fsp3) is 0.409. The van der Waals surface area contributed by atoms with Gasteiger partial charge in [-0.05, 0) is 42.8 Å². The summed E-state index contributed by atoms with van der Waals surface area (Å²) in [6, 6.07) is 13.4. The number of benzene rings is 2. The van der Waals surface area contributed by atoms with Crippen molar-refractivity contribution in [2.75, 3.05) is 49.5 Å². The number of hydrogen-bond donors (Lipinski definition) is 1. The van der Waals surface area contributed by atoms with Gasteiger partial charge in [0.15, 0.2) is 6.61 Å². The van der Waals surface area contributed by atoms with Gasteiger partial charge in [-0.15, -0.1) is 0 Å². The van der Waals surface area contributed by atoms with E-state index >= 15 is 0 Å². The van der Waals surface area contributed by atoms with Gasteiger partial charge in [0.1, 0.15) is 5.75 Å². The van der Waals surface area contributed by atoms with Crippen molar-refractivity contribution < 1.29 is 9.53 Å². The van der Waals surface area contributed by atoms with Crippen LogP contribution >= 0.6 is 11.6 Å². The zero-order valence-electron chi connectivity index (χ0n) is 16.6. The standard InChI is InChI=1S/C22H28ClN3O2/c1-3-17-8-10-18(11-9-17)28-16-21(27)24-20-7-5-6-19(23)22(20)26-14-12-25(4-2)13-15-26/h5-11H,3-4,12-16H2,1-2H3,(H,24,27). The number of ether oxygens (including phenoxy) is 1. The fourth-order valence-corrected chi connectivity index (χ4v) is 3.68. The van der Waals surface area contributed by atoms with Gasteiger partial charge in [0.25, 0.3) is 5.91 Å². The van der Waals surface area contributed by atoms with E-state index in [2.05, 4.69) is 29.0 Å². The molecular formula is C22H28ClN3O2. The van der Waals surface area contributed by atoms with Crippen LogP contribution in [-0.2, 0) is 11.2 Å². The number of likely N-dealkylation sites (N-methyl/N-ethyl adjacent to an activating group) is 1.